The van der Waals surface area contributed by atoms with Gasteiger partial charge in [0.25, 0.3) is 5.56 Å². The zero-order chi connectivity index (χ0) is 21.5. The van der Waals surface area contributed by atoms with Crippen LogP contribution in [0.5, 0.6) is 5.75 Å². The van der Waals surface area contributed by atoms with Gasteiger partial charge in [-0.15, -0.1) is 0 Å². The van der Waals surface area contributed by atoms with Gasteiger partial charge in [-0.1, -0.05) is 61.0 Å². The summed E-state index contributed by atoms with van der Waals surface area (Å²) >= 11 is 3.44. The van der Waals surface area contributed by atoms with Crippen LogP contribution in [0, 0.1) is 0 Å². The van der Waals surface area contributed by atoms with Crippen LogP contribution in [-0.4, -0.2) is 23.0 Å². The highest BCUT2D eigenvalue weighted by molar-refractivity contribution is 9.10. The normalized spacial score (nSPS) is 12.2. The third kappa shape index (κ3) is 3.63. The second kappa shape index (κ2) is 7.69. The fourth-order valence-corrected chi connectivity index (χ4v) is 3.81. The number of hydrogen-bond donors (Lipinski definition) is 0. The third-order valence-electron chi connectivity index (χ3n) is 4.93. The standard InChI is InChI=1S/C24H22BrN3O2/c1-24(2,3)23-27-20-11-10-16(25)13-19(20)22(29)28(23)26-14-15-9-12-21(30-4)18-8-6-5-7-17(15)18/h5-14H,1-4H3. The zero-order valence-corrected chi connectivity index (χ0v) is 18.9. The molecule has 0 bridgehead atoms. The summed E-state index contributed by atoms with van der Waals surface area (Å²) in [5.74, 6) is 1.41. The van der Waals surface area contributed by atoms with Crippen molar-refractivity contribution in [3.63, 3.8) is 0 Å². The van der Waals surface area contributed by atoms with Crippen molar-refractivity contribution < 1.29 is 4.74 Å². The lowest BCUT2D eigenvalue weighted by Crippen LogP contribution is -2.29. The maximum atomic E-state index is 13.3. The molecule has 0 radical (unpaired) electrons. The van der Waals surface area contributed by atoms with Gasteiger partial charge in [0.1, 0.15) is 11.6 Å². The summed E-state index contributed by atoms with van der Waals surface area (Å²) in [5.41, 5.74) is 1.00. The first-order chi connectivity index (χ1) is 14.3. The molecular formula is C24H22BrN3O2. The number of ether oxygens (including phenoxy) is 1. The van der Waals surface area contributed by atoms with Gasteiger partial charge in [0.05, 0.1) is 24.2 Å². The molecule has 0 unspecified atom stereocenters. The van der Waals surface area contributed by atoms with Gasteiger partial charge in [-0.05, 0) is 35.7 Å². The molecule has 1 aromatic heterocycles. The molecule has 0 aliphatic rings. The van der Waals surface area contributed by atoms with Gasteiger partial charge in [-0.3, -0.25) is 4.79 Å². The van der Waals surface area contributed by atoms with Crippen LogP contribution in [-0.2, 0) is 5.41 Å². The Morgan fingerprint density at radius 1 is 1.03 bits per heavy atom. The van der Waals surface area contributed by atoms with Crippen LogP contribution in [0.25, 0.3) is 21.7 Å². The molecule has 0 spiro atoms. The Morgan fingerprint density at radius 3 is 2.47 bits per heavy atom. The fraction of sp³-hybridized carbons (Fsp3) is 0.208. The molecular weight excluding hydrogens is 442 g/mol. The van der Waals surface area contributed by atoms with Gasteiger partial charge in [0.15, 0.2) is 0 Å². The van der Waals surface area contributed by atoms with Gasteiger partial charge in [-0.25, -0.2) is 4.98 Å². The van der Waals surface area contributed by atoms with E-state index in [1.54, 1.807) is 19.4 Å². The topological polar surface area (TPSA) is 56.5 Å². The predicted molar refractivity (Wildman–Crippen MR) is 126 cm³/mol. The van der Waals surface area contributed by atoms with Crippen molar-refractivity contribution >= 4 is 43.8 Å². The third-order valence-corrected chi connectivity index (χ3v) is 5.42. The monoisotopic (exact) mass is 463 g/mol. The van der Waals surface area contributed by atoms with Gasteiger partial charge in [-0.2, -0.15) is 9.78 Å². The number of benzene rings is 3. The molecule has 0 amide bonds. The lowest BCUT2D eigenvalue weighted by molar-refractivity contribution is 0.420. The summed E-state index contributed by atoms with van der Waals surface area (Å²) in [5, 5.41) is 7.11. The van der Waals surface area contributed by atoms with Crippen molar-refractivity contribution in [2.24, 2.45) is 5.10 Å². The highest BCUT2D eigenvalue weighted by atomic mass is 79.9. The number of aromatic nitrogens is 2. The van der Waals surface area contributed by atoms with E-state index in [0.29, 0.717) is 16.7 Å². The summed E-state index contributed by atoms with van der Waals surface area (Å²) < 4.78 is 7.71. The SMILES string of the molecule is COc1ccc(C=Nn2c(C(C)(C)C)nc3ccc(Br)cc3c2=O)c2ccccc12. The minimum absolute atomic E-state index is 0.194. The van der Waals surface area contributed by atoms with Gasteiger partial charge < -0.3 is 4.74 Å². The molecule has 6 heteroatoms. The van der Waals surface area contributed by atoms with Crippen LogP contribution >= 0.6 is 15.9 Å². The zero-order valence-electron chi connectivity index (χ0n) is 17.3. The first kappa shape index (κ1) is 20.3. The minimum Gasteiger partial charge on any atom is -0.496 e. The Hall–Kier alpha value is -2.99. The van der Waals surface area contributed by atoms with Crippen LogP contribution < -0.4 is 10.3 Å². The Balaban J connectivity index is 1.94. The van der Waals surface area contributed by atoms with E-state index < -0.39 is 0 Å². The first-order valence-corrected chi connectivity index (χ1v) is 10.4. The average Bonchev–Trinajstić information content (AvgIpc) is 2.72. The lowest BCUT2D eigenvalue weighted by Gasteiger charge is -2.21. The minimum atomic E-state index is -0.361. The van der Waals surface area contributed by atoms with Crippen LogP contribution in [0.2, 0.25) is 0 Å². The van der Waals surface area contributed by atoms with E-state index >= 15 is 0 Å². The molecule has 5 nitrogen and oxygen atoms in total. The fourth-order valence-electron chi connectivity index (χ4n) is 3.45. The van der Waals surface area contributed by atoms with Crippen molar-refractivity contribution in [3.05, 3.63) is 80.8 Å². The Morgan fingerprint density at radius 2 is 1.77 bits per heavy atom. The maximum Gasteiger partial charge on any atom is 0.282 e. The number of halogens is 1. The van der Waals surface area contributed by atoms with Crippen LogP contribution in [0.3, 0.4) is 0 Å². The van der Waals surface area contributed by atoms with E-state index in [9.17, 15) is 4.79 Å². The van der Waals surface area contributed by atoms with Crippen LogP contribution in [0.4, 0.5) is 0 Å². The summed E-state index contributed by atoms with van der Waals surface area (Å²) in [7, 11) is 1.66. The molecule has 0 N–H and O–H groups in total. The quantitative estimate of drug-likeness (QED) is 0.376. The average molecular weight is 464 g/mol. The Labute approximate surface area is 183 Å². The summed E-state index contributed by atoms with van der Waals surface area (Å²) in [4.78, 5) is 18.1. The van der Waals surface area contributed by atoms with Crippen molar-refractivity contribution in [3.8, 4) is 5.75 Å². The van der Waals surface area contributed by atoms with Gasteiger partial charge in [0, 0.05) is 20.8 Å². The maximum absolute atomic E-state index is 13.3. The molecule has 0 fully saturated rings. The van der Waals surface area contributed by atoms with Crippen LogP contribution in [0.15, 0.2) is 69.0 Å². The van der Waals surface area contributed by atoms with Crippen molar-refractivity contribution in [2.75, 3.05) is 7.11 Å². The highest BCUT2D eigenvalue weighted by Crippen LogP contribution is 2.28. The molecule has 3 aromatic carbocycles. The van der Waals surface area contributed by atoms with Crippen molar-refractivity contribution in [1.82, 2.24) is 9.66 Å². The van der Waals surface area contributed by atoms with E-state index in [2.05, 4.69) is 21.0 Å². The highest BCUT2D eigenvalue weighted by Gasteiger charge is 2.23. The van der Waals surface area contributed by atoms with Crippen molar-refractivity contribution in [1.29, 1.82) is 0 Å². The number of fused-ring (bicyclic) bond motifs is 2. The first-order valence-electron chi connectivity index (χ1n) is 9.62. The second-order valence-electron chi connectivity index (χ2n) is 8.11. The van der Waals surface area contributed by atoms with E-state index in [0.717, 1.165) is 26.6 Å². The molecule has 1 heterocycles. The predicted octanol–water partition coefficient (Wildman–Crippen LogP) is 5.50. The summed E-state index contributed by atoms with van der Waals surface area (Å²) in [6.45, 7) is 6.07. The molecule has 0 aliphatic carbocycles. The second-order valence-corrected chi connectivity index (χ2v) is 9.03. The summed E-state index contributed by atoms with van der Waals surface area (Å²) in [6.07, 6.45) is 1.71. The number of nitrogens with zero attached hydrogens (tertiary/aromatic N) is 3. The molecule has 30 heavy (non-hydrogen) atoms. The molecule has 0 saturated heterocycles. The Kier molecular flexibility index (Phi) is 5.20. The van der Waals surface area contributed by atoms with E-state index in [-0.39, 0.29) is 11.0 Å². The Bertz CT molecular complexity index is 1350. The molecule has 4 aromatic rings. The van der Waals surface area contributed by atoms with Crippen LogP contribution in [0.1, 0.15) is 32.2 Å². The largest absolute Gasteiger partial charge is 0.496 e. The number of hydrogen-bond acceptors (Lipinski definition) is 4. The molecule has 0 atom stereocenters. The lowest BCUT2D eigenvalue weighted by atomic mass is 9.95. The molecule has 152 valence electrons. The number of methoxy groups -OCH3 is 1. The van der Waals surface area contributed by atoms with E-state index in [1.807, 2.05) is 69.3 Å². The van der Waals surface area contributed by atoms with Gasteiger partial charge in [0.2, 0.25) is 0 Å². The van der Waals surface area contributed by atoms with Crippen molar-refractivity contribution in [2.45, 2.75) is 26.2 Å². The molecule has 0 saturated carbocycles. The summed E-state index contributed by atoms with van der Waals surface area (Å²) in [6, 6.07) is 17.3. The molecule has 0 aliphatic heterocycles. The van der Waals surface area contributed by atoms with Gasteiger partial charge >= 0.3 is 0 Å². The molecule has 4 rings (SSSR count). The van der Waals surface area contributed by atoms with E-state index in [4.69, 9.17) is 9.72 Å². The van der Waals surface area contributed by atoms with E-state index in [1.165, 1.54) is 4.68 Å². The number of rotatable bonds is 3. The smallest absolute Gasteiger partial charge is 0.282 e.